The molecule has 0 bridgehead atoms. The standard InChI is InChI=1S/C13H13NO3S/c14-11-6-7-18-12(11)13(15)17-9-16-8-10-4-2-1-3-5-10/h1-7H,8-9,14H2. The van der Waals surface area contributed by atoms with E-state index < -0.39 is 5.97 Å². The average Bonchev–Trinajstić information content (AvgIpc) is 2.82. The second kappa shape index (κ2) is 6.18. The number of carbonyl (C=O) groups excluding carboxylic acids is 1. The summed E-state index contributed by atoms with van der Waals surface area (Å²) in [5.74, 6) is -0.449. The number of hydrogen-bond donors (Lipinski definition) is 1. The number of rotatable bonds is 5. The Labute approximate surface area is 109 Å². The van der Waals surface area contributed by atoms with Crippen molar-refractivity contribution in [2.45, 2.75) is 6.61 Å². The summed E-state index contributed by atoms with van der Waals surface area (Å²) in [6, 6.07) is 11.3. The van der Waals surface area contributed by atoms with Gasteiger partial charge in [-0.1, -0.05) is 30.3 Å². The van der Waals surface area contributed by atoms with E-state index in [1.54, 1.807) is 11.4 Å². The van der Waals surface area contributed by atoms with Crippen molar-refractivity contribution in [1.82, 2.24) is 0 Å². The highest BCUT2D eigenvalue weighted by Gasteiger charge is 2.12. The highest BCUT2D eigenvalue weighted by molar-refractivity contribution is 7.12. The molecule has 0 aliphatic heterocycles. The molecule has 2 rings (SSSR count). The molecular weight excluding hydrogens is 250 g/mol. The van der Waals surface area contributed by atoms with Crippen molar-refractivity contribution in [2.75, 3.05) is 12.5 Å². The Hall–Kier alpha value is -1.85. The van der Waals surface area contributed by atoms with Gasteiger partial charge in [-0.15, -0.1) is 11.3 Å². The van der Waals surface area contributed by atoms with Crippen molar-refractivity contribution in [2.24, 2.45) is 0 Å². The lowest BCUT2D eigenvalue weighted by Gasteiger charge is -2.05. The van der Waals surface area contributed by atoms with Gasteiger partial charge in [0.05, 0.1) is 12.3 Å². The zero-order valence-corrected chi connectivity index (χ0v) is 10.5. The van der Waals surface area contributed by atoms with Crippen LogP contribution in [0.5, 0.6) is 0 Å². The molecule has 0 unspecified atom stereocenters. The maximum Gasteiger partial charge on any atom is 0.352 e. The largest absolute Gasteiger partial charge is 0.434 e. The van der Waals surface area contributed by atoms with E-state index in [1.807, 2.05) is 30.3 Å². The van der Waals surface area contributed by atoms with Crippen LogP contribution in [0.1, 0.15) is 15.2 Å². The minimum Gasteiger partial charge on any atom is -0.434 e. The topological polar surface area (TPSA) is 61.6 Å². The molecule has 0 saturated carbocycles. The summed E-state index contributed by atoms with van der Waals surface area (Å²) in [5.41, 5.74) is 7.08. The quantitative estimate of drug-likeness (QED) is 0.512. The first-order valence-electron chi connectivity index (χ1n) is 5.39. The van der Waals surface area contributed by atoms with E-state index in [9.17, 15) is 4.79 Å². The van der Waals surface area contributed by atoms with Gasteiger partial charge < -0.3 is 15.2 Å². The monoisotopic (exact) mass is 263 g/mol. The molecule has 0 spiro atoms. The first kappa shape index (κ1) is 12.6. The molecule has 18 heavy (non-hydrogen) atoms. The molecule has 0 saturated heterocycles. The van der Waals surface area contributed by atoms with Gasteiger partial charge >= 0.3 is 5.97 Å². The lowest BCUT2D eigenvalue weighted by atomic mass is 10.2. The van der Waals surface area contributed by atoms with Gasteiger partial charge in [0, 0.05) is 0 Å². The number of hydrogen-bond acceptors (Lipinski definition) is 5. The third-order valence-corrected chi connectivity index (χ3v) is 3.18. The lowest BCUT2D eigenvalue weighted by Crippen LogP contribution is -2.09. The Morgan fingerprint density at radius 2 is 2.00 bits per heavy atom. The smallest absolute Gasteiger partial charge is 0.352 e. The third-order valence-electron chi connectivity index (χ3n) is 2.27. The lowest BCUT2D eigenvalue weighted by molar-refractivity contribution is -0.0377. The van der Waals surface area contributed by atoms with Crippen LogP contribution in [0, 0.1) is 0 Å². The van der Waals surface area contributed by atoms with Crippen molar-refractivity contribution in [1.29, 1.82) is 0 Å². The predicted octanol–water partition coefficient (Wildman–Crippen LogP) is 2.66. The summed E-state index contributed by atoms with van der Waals surface area (Å²) >= 11 is 1.26. The number of esters is 1. The Kier molecular flexibility index (Phi) is 4.33. The van der Waals surface area contributed by atoms with Crippen molar-refractivity contribution in [3.8, 4) is 0 Å². The van der Waals surface area contributed by atoms with Crippen molar-refractivity contribution in [3.05, 3.63) is 52.2 Å². The van der Waals surface area contributed by atoms with Crippen LogP contribution in [0.15, 0.2) is 41.8 Å². The van der Waals surface area contributed by atoms with Gasteiger partial charge in [-0.25, -0.2) is 4.79 Å². The fourth-order valence-corrected chi connectivity index (χ4v) is 2.09. The van der Waals surface area contributed by atoms with Crippen LogP contribution < -0.4 is 5.73 Å². The highest BCUT2D eigenvalue weighted by atomic mass is 32.1. The number of anilines is 1. The molecule has 5 heteroatoms. The minimum absolute atomic E-state index is 0.0783. The normalized spacial score (nSPS) is 10.2. The molecule has 1 aromatic heterocycles. The summed E-state index contributed by atoms with van der Waals surface area (Å²) in [6.45, 7) is 0.332. The number of nitrogen functional groups attached to an aromatic ring is 1. The maximum absolute atomic E-state index is 11.6. The van der Waals surface area contributed by atoms with E-state index in [4.69, 9.17) is 15.2 Å². The molecule has 0 amide bonds. The highest BCUT2D eigenvalue weighted by Crippen LogP contribution is 2.19. The van der Waals surface area contributed by atoms with Crippen molar-refractivity contribution >= 4 is 23.0 Å². The number of nitrogens with two attached hydrogens (primary N) is 1. The van der Waals surface area contributed by atoms with Crippen molar-refractivity contribution in [3.63, 3.8) is 0 Å². The fourth-order valence-electron chi connectivity index (χ4n) is 1.38. The predicted molar refractivity (Wildman–Crippen MR) is 70.2 cm³/mol. The number of ether oxygens (including phenoxy) is 2. The molecule has 1 aromatic carbocycles. The Balaban J connectivity index is 1.73. The van der Waals surface area contributed by atoms with E-state index in [2.05, 4.69) is 0 Å². The molecule has 4 nitrogen and oxygen atoms in total. The SMILES string of the molecule is Nc1ccsc1C(=O)OCOCc1ccccc1. The van der Waals surface area contributed by atoms with Crippen LogP contribution in [0.4, 0.5) is 5.69 Å². The van der Waals surface area contributed by atoms with Crippen LogP contribution in [-0.2, 0) is 16.1 Å². The van der Waals surface area contributed by atoms with Gasteiger partial charge in [-0.05, 0) is 17.0 Å². The second-order valence-electron chi connectivity index (χ2n) is 3.59. The molecular formula is C13H13NO3S. The number of benzene rings is 1. The molecule has 1 heterocycles. The van der Waals surface area contributed by atoms with Crippen molar-refractivity contribution < 1.29 is 14.3 Å². The van der Waals surface area contributed by atoms with Crippen LogP contribution in [0.3, 0.4) is 0 Å². The van der Waals surface area contributed by atoms with E-state index in [0.717, 1.165) is 5.56 Å². The Morgan fingerprint density at radius 1 is 1.22 bits per heavy atom. The molecule has 2 N–H and O–H groups in total. The van der Waals surface area contributed by atoms with Crippen LogP contribution in [0.2, 0.25) is 0 Å². The van der Waals surface area contributed by atoms with E-state index in [0.29, 0.717) is 17.2 Å². The average molecular weight is 263 g/mol. The van der Waals surface area contributed by atoms with E-state index >= 15 is 0 Å². The molecule has 2 aromatic rings. The summed E-state index contributed by atoms with van der Waals surface area (Å²) in [6.07, 6.45) is 0. The molecule has 0 aliphatic rings. The van der Waals surface area contributed by atoms with Gasteiger partial charge in [0.25, 0.3) is 0 Å². The molecule has 0 radical (unpaired) electrons. The number of thiophene rings is 1. The van der Waals surface area contributed by atoms with E-state index in [1.165, 1.54) is 11.3 Å². The van der Waals surface area contributed by atoms with Gasteiger partial charge in [0.2, 0.25) is 0 Å². The first-order chi connectivity index (χ1) is 8.77. The van der Waals surface area contributed by atoms with Gasteiger partial charge in [0.15, 0.2) is 6.79 Å². The molecule has 94 valence electrons. The van der Waals surface area contributed by atoms with Crippen LogP contribution >= 0.6 is 11.3 Å². The first-order valence-corrected chi connectivity index (χ1v) is 6.27. The molecule has 0 atom stereocenters. The Morgan fingerprint density at radius 3 is 2.67 bits per heavy atom. The third kappa shape index (κ3) is 3.32. The summed E-state index contributed by atoms with van der Waals surface area (Å²) in [7, 11) is 0. The minimum atomic E-state index is -0.449. The second-order valence-corrected chi connectivity index (χ2v) is 4.50. The zero-order chi connectivity index (χ0) is 12.8. The van der Waals surface area contributed by atoms with Gasteiger partial charge in [-0.3, -0.25) is 0 Å². The van der Waals surface area contributed by atoms with E-state index in [-0.39, 0.29) is 6.79 Å². The molecule has 0 fully saturated rings. The summed E-state index contributed by atoms with van der Waals surface area (Å²) in [5, 5.41) is 1.75. The Bertz CT molecular complexity index is 510. The number of carbonyl (C=O) groups is 1. The molecule has 0 aliphatic carbocycles. The fraction of sp³-hybridized carbons (Fsp3) is 0.154. The van der Waals surface area contributed by atoms with Crippen LogP contribution in [-0.4, -0.2) is 12.8 Å². The van der Waals surface area contributed by atoms with Gasteiger partial charge in [-0.2, -0.15) is 0 Å². The maximum atomic E-state index is 11.6. The van der Waals surface area contributed by atoms with Crippen LogP contribution in [0.25, 0.3) is 0 Å². The zero-order valence-electron chi connectivity index (χ0n) is 9.67. The van der Waals surface area contributed by atoms with Gasteiger partial charge in [0.1, 0.15) is 4.88 Å². The summed E-state index contributed by atoms with van der Waals surface area (Å²) < 4.78 is 10.2. The summed E-state index contributed by atoms with van der Waals surface area (Å²) in [4.78, 5) is 12.0.